The molecule has 0 radical (unpaired) electrons. The number of hydrogen-bond donors (Lipinski definition) is 1. The third-order valence-electron chi connectivity index (χ3n) is 3.14. The summed E-state index contributed by atoms with van der Waals surface area (Å²) in [4.78, 5) is 10.7. The summed E-state index contributed by atoms with van der Waals surface area (Å²) in [7, 11) is 0. The summed E-state index contributed by atoms with van der Waals surface area (Å²) in [6.07, 6.45) is 0.879. The number of ether oxygens (including phenoxy) is 1. The summed E-state index contributed by atoms with van der Waals surface area (Å²) in [5.74, 6) is 0.359. The zero-order chi connectivity index (χ0) is 13.1. The predicted octanol–water partition coefficient (Wildman–Crippen LogP) is 3.04. The highest BCUT2D eigenvalue weighted by atomic mass is 127. The first kappa shape index (κ1) is 13.5. The van der Waals surface area contributed by atoms with Crippen molar-refractivity contribution in [1.82, 2.24) is 0 Å². The van der Waals surface area contributed by atoms with Crippen LogP contribution in [0, 0.1) is 19.6 Å². The van der Waals surface area contributed by atoms with Gasteiger partial charge in [-0.2, -0.15) is 0 Å². The second-order valence-electron chi connectivity index (χ2n) is 4.51. The minimum Gasteiger partial charge on any atom is -0.381 e. The van der Waals surface area contributed by atoms with Crippen molar-refractivity contribution in [2.75, 3.05) is 18.5 Å². The average Bonchev–Trinajstić information content (AvgIpc) is 2.34. The van der Waals surface area contributed by atoms with Crippen LogP contribution < -0.4 is 5.32 Å². The number of nitro benzene ring substituents is 1. The second kappa shape index (κ2) is 5.83. The van der Waals surface area contributed by atoms with E-state index in [9.17, 15) is 10.1 Å². The van der Waals surface area contributed by atoms with Crippen LogP contribution in [0.1, 0.15) is 13.3 Å². The quantitative estimate of drug-likeness (QED) is 0.510. The van der Waals surface area contributed by atoms with Gasteiger partial charge in [0.05, 0.1) is 11.5 Å². The van der Waals surface area contributed by atoms with Crippen molar-refractivity contribution in [3.05, 3.63) is 31.9 Å². The first-order chi connectivity index (χ1) is 8.58. The fraction of sp³-hybridized carbons (Fsp3) is 0.500. The van der Waals surface area contributed by atoms with Gasteiger partial charge in [0.15, 0.2) is 0 Å². The lowest BCUT2D eigenvalue weighted by atomic mass is 9.97. The Morgan fingerprint density at radius 2 is 2.33 bits per heavy atom. The maximum Gasteiger partial charge on any atom is 0.293 e. The molecule has 1 N–H and O–H groups in total. The Morgan fingerprint density at radius 1 is 1.56 bits per heavy atom. The van der Waals surface area contributed by atoms with Crippen molar-refractivity contribution in [3.8, 4) is 0 Å². The van der Waals surface area contributed by atoms with E-state index in [1.54, 1.807) is 12.1 Å². The lowest BCUT2D eigenvalue weighted by Crippen LogP contribution is -2.36. The lowest BCUT2D eigenvalue weighted by Gasteiger charge is -2.30. The van der Waals surface area contributed by atoms with Gasteiger partial charge in [-0.3, -0.25) is 10.1 Å². The van der Waals surface area contributed by atoms with E-state index in [4.69, 9.17) is 4.74 Å². The smallest absolute Gasteiger partial charge is 0.293 e. The van der Waals surface area contributed by atoms with E-state index in [0.29, 0.717) is 24.8 Å². The molecular formula is C12H15IN2O3. The lowest BCUT2D eigenvalue weighted by molar-refractivity contribution is -0.384. The van der Waals surface area contributed by atoms with Crippen LogP contribution in [0.2, 0.25) is 0 Å². The molecule has 0 bridgehead atoms. The third-order valence-corrected chi connectivity index (χ3v) is 3.81. The van der Waals surface area contributed by atoms with Gasteiger partial charge < -0.3 is 10.1 Å². The number of nitro groups is 1. The van der Waals surface area contributed by atoms with Crippen LogP contribution in [0.5, 0.6) is 0 Å². The molecule has 2 rings (SSSR count). The Morgan fingerprint density at radius 3 is 3.00 bits per heavy atom. The second-order valence-corrected chi connectivity index (χ2v) is 5.76. The zero-order valence-electron chi connectivity index (χ0n) is 10.1. The summed E-state index contributed by atoms with van der Waals surface area (Å²) >= 11 is 2.08. The molecule has 1 saturated heterocycles. The van der Waals surface area contributed by atoms with Gasteiger partial charge in [0.1, 0.15) is 5.69 Å². The Bertz CT molecular complexity index is 453. The molecule has 2 atom stereocenters. The van der Waals surface area contributed by atoms with E-state index in [0.717, 1.165) is 9.99 Å². The SMILES string of the molecule is CC1COCCC1Nc1ccc(I)cc1[N+](=O)[O-]. The van der Waals surface area contributed by atoms with Gasteiger partial charge in [-0.25, -0.2) is 0 Å². The molecule has 0 amide bonds. The van der Waals surface area contributed by atoms with Gasteiger partial charge in [-0.15, -0.1) is 0 Å². The highest BCUT2D eigenvalue weighted by Gasteiger charge is 2.24. The van der Waals surface area contributed by atoms with Crippen LogP contribution in [0.25, 0.3) is 0 Å². The Balaban J connectivity index is 2.20. The standard InChI is InChI=1S/C12H15IN2O3/c1-8-7-18-5-4-10(8)14-11-3-2-9(13)6-12(11)15(16)17/h2-3,6,8,10,14H,4-5,7H2,1H3. The van der Waals surface area contributed by atoms with Crippen molar-refractivity contribution >= 4 is 34.0 Å². The molecule has 1 aliphatic rings. The van der Waals surface area contributed by atoms with E-state index in [-0.39, 0.29) is 16.7 Å². The molecule has 18 heavy (non-hydrogen) atoms. The average molecular weight is 362 g/mol. The van der Waals surface area contributed by atoms with Crippen LogP contribution in [0.15, 0.2) is 18.2 Å². The van der Waals surface area contributed by atoms with E-state index in [2.05, 4.69) is 34.8 Å². The van der Waals surface area contributed by atoms with Crippen molar-refractivity contribution in [1.29, 1.82) is 0 Å². The molecule has 1 aliphatic heterocycles. The number of rotatable bonds is 3. The van der Waals surface area contributed by atoms with E-state index < -0.39 is 0 Å². The van der Waals surface area contributed by atoms with Gasteiger partial charge in [-0.1, -0.05) is 6.92 Å². The van der Waals surface area contributed by atoms with Crippen LogP contribution in [-0.2, 0) is 4.74 Å². The monoisotopic (exact) mass is 362 g/mol. The summed E-state index contributed by atoms with van der Waals surface area (Å²) < 4.78 is 6.24. The van der Waals surface area contributed by atoms with Gasteiger partial charge in [0.25, 0.3) is 5.69 Å². The number of nitrogens with zero attached hydrogens (tertiary/aromatic N) is 1. The van der Waals surface area contributed by atoms with Crippen LogP contribution in [0.4, 0.5) is 11.4 Å². The first-order valence-electron chi connectivity index (χ1n) is 5.86. The van der Waals surface area contributed by atoms with E-state index >= 15 is 0 Å². The highest BCUT2D eigenvalue weighted by Crippen LogP contribution is 2.29. The molecule has 6 heteroatoms. The minimum atomic E-state index is -0.339. The number of benzene rings is 1. The molecule has 1 fully saturated rings. The number of halogens is 1. The molecular weight excluding hydrogens is 347 g/mol. The molecule has 1 heterocycles. The molecule has 0 aromatic heterocycles. The third kappa shape index (κ3) is 3.11. The van der Waals surface area contributed by atoms with Crippen molar-refractivity contribution in [2.45, 2.75) is 19.4 Å². The van der Waals surface area contributed by atoms with Gasteiger partial charge >= 0.3 is 0 Å². The zero-order valence-corrected chi connectivity index (χ0v) is 12.2. The molecule has 1 aromatic rings. The predicted molar refractivity (Wildman–Crippen MR) is 77.8 cm³/mol. The highest BCUT2D eigenvalue weighted by molar-refractivity contribution is 14.1. The number of anilines is 1. The molecule has 2 unspecified atom stereocenters. The normalized spacial score (nSPS) is 23.7. The van der Waals surface area contributed by atoms with Gasteiger partial charge in [0, 0.05) is 22.3 Å². The van der Waals surface area contributed by atoms with E-state index in [1.165, 1.54) is 0 Å². The summed E-state index contributed by atoms with van der Waals surface area (Å²) in [6.45, 7) is 3.51. The van der Waals surface area contributed by atoms with Crippen LogP contribution in [0.3, 0.4) is 0 Å². The van der Waals surface area contributed by atoms with Crippen molar-refractivity contribution < 1.29 is 9.66 Å². The van der Waals surface area contributed by atoms with Gasteiger partial charge in [0.2, 0.25) is 0 Å². The molecule has 0 saturated carbocycles. The van der Waals surface area contributed by atoms with Crippen molar-refractivity contribution in [3.63, 3.8) is 0 Å². The maximum atomic E-state index is 11.0. The minimum absolute atomic E-state index is 0.139. The number of hydrogen-bond acceptors (Lipinski definition) is 4. The Hall–Kier alpha value is -0.890. The van der Waals surface area contributed by atoms with E-state index in [1.807, 2.05) is 6.07 Å². The molecule has 98 valence electrons. The van der Waals surface area contributed by atoms with Crippen molar-refractivity contribution in [2.24, 2.45) is 5.92 Å². The molecule has 0 aliphatic carbocycles. The first-order valence-corrected chi connectivity index (χ1v) is 6.94. The molecule has 0 spiro atoms. The fourth-order valence-electron chi connectivity index (χ4n) is 2.07. The fourth-order valence-corrected chi connectivity index (χ4v) is 2.55. The van der Waals surface area contributed by atoms with Crippen LogP contribution in [-0.4, -0.2) is 24.2 Å². The molecule has 5 nitrogen and oxygen atoms in total. The number of nitrogens with one attached hydrogen (secondary N) is 1. The topological polar surface area (TPSA) is 64.4 Å². The molecule has 1 aromatic carbocycles. The summed E-state index contributed by atoms with van der Waals surface area (Å²) in [5, 5.41) is 14.3. The Labute approximate surface area is 119 Å². The van der Waals surface area contributed by atoms with Crippen LogP contribution >= 0.6 is 22.6 Å². The summed E-state index contributed by atoms with van der Waals surface area (Å²) in [5.41, 5.74) is 0.736. The summed E-state index contributed by atoms with van der Waals surface area (Å²) in [6, 6.07) is 5.48. The Kier molecular flexibility index (Phi) is 4.39. The van der Waals surface area contributed by atoms with Gasteiger partial charge in [-0.05, 0) is 47.1 Å². The largest absolute Gasteiger partial charge is 0.381 e. The maximum absolute atomic E-state index is 11.0.